The number of aryl methyl sites for hydroxylation is 1. The Morgan fingerprint density at radius 3 is 2.34 bits per heavy atom. The Hall–Kier alpha value is -3.16. The zero-order valence-corrected chi connectivity index (χ0v) is 16.3. The molecule has 1 atom stereocenters. The van der Waals surface area contributed by atoms with E-state index in [-0.39, 0.29) is 11.5 Å². The summed E-state index contributed by atoms with van der Waals surface area (Å²) in [5.74, 6) is 1.07. The number of nitrogens with zero attached hydrogens (tertiary/aromatic N) is 2. The second kappa shape index (κ2) is 8.06. The van der Waals surface area contributed by atoms with Gasteiger partial charge in [0.15, 0.2) is 0 Å². The first-order valence-electron chi connectivity index (χ1n) is 9.10. The predicted octanol–water partition coefficient (Wildman–Crippen LogP) is 4.68. The van der Waals surface area contributed by atoms with Crippen molar-refractivity contribution in [1.29, 1.82) is 0 Å². The molecule has 2 N–H and O–H groups in total. The Morgan fingerprint density at radius 1 is 1.10 bits per heavy atom. The van der Waals surface area contributed by atoms with Crippen LogP contribution in [0.1, 0.15) is 35.2 Å². The summed E-state index contributed by atoms with van der Waals surface area (Å²) in [4.78, 5) is 23.3. The second-order valence-electron chi connectivity index (χ2n) is 6.96. The fourth-order valence-corrected chi connectivity index (χ4v) is 2.80. The highest BCUT2D eigenvalue weighted by molar-refractivity contribution is 5.56. The first-order chi connectivity index (χ1) is 13.6. The third-order valence-corrected chi connectivity index (χ3v) is 4.83. The van der Waals surface area contributed by atoms with Gasteiger partial charge in [-0.3, -0.25) is 4.79 Å². The van der Waals surface area contributed by atoms with E-state index in [0.29, 0.717) is 35.0 Å². The first-order valence-corrected chi connectivity index (χ1v) is 9.10. The topological polar surface area (TPSA) is 70.7 Å². The standard InChI is InChI=1S/C21H21F3N4O/c1-12(15-4-7-17(8-5-15)21(22,23)24)10-25-18-9-6-16(11-26-18)19-27-14(3)13(2)20(29)28-19/h4-9,11-12H,10H2,1-3H3,(H,25,26)(H,27,28,29). The molecule has 0 saturated carbocycles. The zero-order valence-electron chi connectivity index (χ0n) is 16.3. The van der Waals surface area contributed by atoms with Crippen molar-refractivity contribution < 1.29 is 13.2 Å². The minimum Gasteiger partial charge on any atom is -0.369 e. The van der Waals surface area contributed by atoms with Crippen molar-refractivity contribution >= 4 is 5.82 Å². The number of rotatable bonds is 5. The first kappa shape index (κ1) is 20.6. The molecule has 0 aliphatic heterocycles. The average Bonchev–Trinajstić information content (AvgIpc) is 2.69. The number of halogens is 3. The maximum atomic E-state index is 12.7. The largest absolute Gasteiger partial charge is 0.416 e. The molecule has 1 aromatic carbocycles. The summed E-state index contributed by atoms with van der Waals surface area (Å²) in [6, 6.07) is 8.74. The molecular formula is C21H21F3N4O. The number of aromatic nitrogens is 3. The van der Waals surface area contributed by atoms with Crippen LogP contribution in [-0.2, 0) is 6.18 Å². The van der Waals surface area contributed by atoms with E-state index in [2.05, 4.69) is 20.3 Å². The van der Waals surface area contributed by atoms with Gasteiger partial charge in [0, 0.05) is 29.6 Å². The number of H-pyrrole nitrogens is 1. The molecule has 2 aromatic heterocycles. The van der Waals surface area contributed by atoms with Gasteiger partial charge >= 0.3 is 6.18 Å². The zero-order chi connectivity index (χ0) is 21.2. The van der Waals surface area contributed by atoms with E-state index in [1.165, 1.54) is 12.1 Å². The van der Waals surface area contributed by atoms with Gasteiger partial charge in [0.2, 0.25) is 0 Å². The van der Waals surface area contributed by atoms with Crippen molar-refractivity contribution in [3.8, 4) is 11.4 Å². The maximum Gasteiger partial charge on any atom is 0.416 e. The van der Waals surface area contributed by atoms with E-state index in [1.807, 2.05) is 6.92 Å². The van der Waals surface area contributed by atoms with E-state index in [9.17, 15) is 18.0 Å². The molecule has 8 heteroatoms. The lowest BCUT2D eigenvalue weighted by molar-refractivity contribution is -0.137. The summed E-state index contributed by atoms with van der Waals surface area (Å²) >= 11 is 0. The lowest BCUT2D eigenvalue weighted by Crippen LogP contribution is -2.14. The van der Waals surface area contributed by atoms with Crippen molar-refractivity contribution in [2.24, 2.45) is 0 Å². The van der Waals surface area contributed by atoms with E-state index in [4.69, 9.17) is 0 Å². The van der Waals surface area contributed by atoms with Gasteiger partial charge in [-0.15, -0.1) is 0 Å². The molecule has 0 fully saturated rings. The normalized spacial score (nSPS) is 12.6. The monoisotopic (exact) mass is 402 g/mol. The van der Waals surface area contributed by atoms with Crippen LogP contribution in [-0.4, -0.2) is 21.5 Å². The summed E-state index contributed by atoms with van der Waals surface area (Å²) in [5, 5.41) is 3.17. The van der Waals surface area contributed by atoms with Crippen LogP contribution in [0.5, 0.6) is 0 Å². The Bertz CT molecular complexity index is 1040. The van der Waals surface area contributed by atoms with Gasteiger partial charge in [0.1, 0.15) is 11.6 Å². The molecular weight excluding hydrogens is 381 g/mol. The maximum absolute atomic E-state index is 12.7. The Balaban J connectivity index is 1.65. The lowest BCUT2D eigenvalue weighted by atomic mass is 9.99. The van der Waals surface area contributed by atoms with Gasteiger partial charge in [-0.2, -0.15) is 13.2 Å². The number of pyridine rings is 1. The van der Waals surface area contributed by atoms with E-state index in [1.54, 1.807) is 32.2 Å². The number of nitrogens with one attached hydrogen (secondary N) is 2. The molecule has 0 amide bonds. The number of aromatic amines is 1. The quantitative estimate of drug-likeness (QED) is 0.650. The summed E-state index contributed by atoms with van der Waals surface area (Å²) in [6.07, 6.45) is -2.72. The van der Waals surface area contributed by atoms with Crippen LogP contribution in [0, 0.1) is 13.8 Å². The molecule has 0 aliphatic carbocycles. The summed E-state index contributed by atoms with van der Waals surface area (Å²) in [7, 11) is 0. The molecule has 5 nitrogen and oxygen atoms in total. The van der Waals surface area contributed by atoms with Crippen LogP contribution in [0.3, 0.4) is 0 Å². The van der Waals surface area contributed by atoms with Crippen LogP contribution in [0.25, 0.3) is 11.4 Å². The van der Waals surface area contributed by atoms with E-state index >= 15 is 0 Å². The van der Waals surface area contributed by atoms with Crippen molar-refractivity contribution in [2.75, 3.05) is 11.9 Å². The van der Waals surface area contributed by atoms with Gasteiger partial charge in [-0.25, -0.2) is 9.97 Å². The number of alkyl halides is 3. The summed E-state index contributed by atoms with van der Waals surface area (Å²) in [5.41, 5.74) is 1.90. The number of hydrogen-bond acceptors (Lipinski definition) is 4. The van der Waals surface area contributed by atoms with Crippen LogP contribution in [0.2, 0.25) is 0 Å². The smallest absolute Gasteiger partial charge is 0.369 e. The second-order valence-corrected chi connectivity index (χ2v) is 6.96. The predicted molar refractivity (Wildman–Crippen MR) is 106 cm³/mol. The highest BCUT2D eigenvalue weighted by Crippen LogP contribution is 2.30. The fourth-order valence-electron chi connectivity index (χ4n) is 2.80. The summed E-state index contributed by atoms with van der Waals surface area (Å²) < 4.78 is 38.0. The Labute approximate surface area is 166 Å². The van der Waals surface area contributed by atoms with Gasteiger partial charge in [-0.05, 0) is 49.6 Å². The third kappa shape index (κ3) is 4.82. The van der Waals surface area contributed by atoms with Gasteiger partial charge in [-0.1, -0.05) is 19.1 Å². The molecule has 3 rings (SSSR count). The molecule has 0 spiro atoms. The van der Waals surface area contributed by atoms with Crippen LogP contribution in [0.4, 0.5) is 19.0 Å². The number of anilines is 1. The van der Waals surface area contributed by atoms with Crippen molar-refractivity contribution in [3.63, 3.8) is 0 Å². The van der Waals surface area contributed by atoms with Gasteiger partial charge < -0.3 is 10.3 Å². The van der Waals surface area contributed by atoms with Crippen LogP contribution in [0.15, 0.2) is 47.4 Å². The molecule has 3 aromatic rings. The third-order valence-electron chi connectivity index (χ3n) is 4.83. The highest BCUT2D eigenvalue weighted by atomic mass is 19.4. The van der Waals surface area contributed by atoms with E-state index in [0.717, 1.165) is 17.7 Å². The minimum absolute atomic E-state index is 0.00321. The van der Waals surface area contributed by atoms with E-state index < -0.39 is 11.7 Å². The van der Waals surface area contributed by atoms with Crippen molar-refractivity contribution in [1.82, 2.24) is 15.0 Å². The Kier molecular flexibility index (Phi) is 5.72. The molecule has 0 bridgehead atoms. The molecule has 1 unspecified atom stereocenters. The SMILES string of the molecule is Cc1nc(-c2ccc(NCC(C)c3ccc(C(F)(F)F)cc3)nc2)[nH]c(=O)c1C. The number of benzene rings is 1. The van der Waals surface area contributed by atoms with Crippen molar-refractivity contribution in [2.45, 2.75) is 32.9 Å². The highest BCUT2D eigenvalue weighted by Gasteiger charge is 2.30. The number of hydrogen-bond donors (Lipinski definition) is 2. The Morgan fingerprint density at radius 2 is 1.79 bits per heavy atom. The molecule has 2 heterocycles. The van der Waals surface area contributed by atoms with Crippen LogP contribution >= 0.6 is 0 Å². The van der Waals surface area contributed by atoms with Crippen molar-refractivity contribution in [3.05, 3.63) is 75.3 Å². The molecule has 152 valence electrons. The van der Waals surface area contributed by atoms with Gasteiger partial charge in [0.25, 0.3) is 5.56 Å². The average molecular weight is 402 g/mol. The molecule has 0 radical (unpaired) electrons. The fraction of sp³-hybridized carbons (Fsp3) is 0.286. The van der Waals surface area contributed by atoms with Gasteiger partial charge in [0.05, 0.1) is 5.56 Å². The summed E-state index contributed by atoms with van der Waals surface area (Å²) in [6.45, 7) is 5.93. The lowest BCUT2D eigenvalue weighted by Gasteiger charge is -2.15. The molecule has 0 saturated heterocycles. The molecule has 29 heavy (non-hydrogen) atoms. The minimum atomic E-state index is -4.33. The molecule has 0 aliphatic rings. The van der Waals surface area contributed by atoms with Crippen LogP contribution < -0.4 is 10.9 Å².